The molecule has 0 aliphatic heterocycles. The molecule has 0 aromatic carbocycles. The van der Waals surface area contributed by atoms with Crippen LogP contribution in [0.25, 0.3) is 0 Å². The highest BCUT2D eigenvalue weighted by atomic mass is 15.2. The van der Waals surface area contributed by atoms with Gasteiger partial charge < -0.3 is 22.9 Å². The number of hydrogen-bond donors (Lipinski definition) is 4. The molecule has 2 fully saturated rings. The zero-order valence-electron chi connectivity index (χ0n) is 12.4. The Morgan fingerprint density at radius 3 is 1.30 bits per heavy atom. The Morgan fingerprint density at radius 1 is 0.565 bits per heavy atom. The standard InChI is InChI=1S/C13H18N10/c14-10-18-8(19-11(15)22-10)6-2-4-1-5(6)7(3-4)9-20-12(16)23-13(17)21-9/h4-7H,1-3H2,(H4,14,15,18,19,22)(H4,16,17,20,21,23). The van der Waals surface area contributed by atoms with Crippen molar-refractivity contribution in [1.29, 1.82) is 0 Å². The molecule has 0 saturated heterocycles. The van der Waals surface area contributed by atoms with Gasteiger partial charge in [-0.3, -0.25) is 0 Å². The van der Waals surface area contributed by atoms with Crippen LogP contribution in [0.4, 0.5) is 23.8 Å². The van der Waals surface area contributed by atoms with Crippen molar-refractivity contribution in [2.45, 2.75) is 31.1 Å². The highest BCUT2D eigenvalue weighted by Gasteiger charge is 2.49. The van der Waals surface area contributed by atoms with E-state index in [1.54, 1.807) is 0 Å². The third kappa shape index (κ3) is 2.35. The van der Waals surface area contributed by atoms with Gasteiger partial charge in [-0.05, 0) is 31.1 Å². The second-order valence-electron chi connectivity index (χ2n) is 6.27. The summed E-state index contributed by atoms with van der Waals surface area (Å²) >= 11 is 0. The lowest BCUT2D eigenvalue weighted by Gasteiger charge is -2.27. The predicted molar refractivity (Wildman–Crippen MR) is 83.6 cm³/mol. The van der Waals surface area contributed by atoms with Crippen LogP contribution in [0.1, 0.15) is 42.7 Å². The summed E-state index contributed by atoms with van der Waals surface area (Å²) in [5, 5.41) is 0. The van der Waals surface area contributed by atoms with Crippen LogP contribution >= 0.6 is 0 Å². The van der Waals surface area contributed by atoms with Crippen LogP contribution < -0.4 is 22.9 Å². The van der Waals surface area contributed by atoms with Crippen LogP contribution in [-0.2, 0) is 0 Å². The lowest BCUT2D eigenvalue weighted by Crippen LogP contribution is -2.23. The number of nitrogens with two attached hydrogens (primary N) is 4. The van der Waals surface area contributed by atoms with Gasteiger partial charge in [0.25, 0.3) is 0 Å². The van der Waals surface area contributed by atoms with E-state index >= 15 is 0 Å². The van der Waals surface area contributed by atoms with E-state index in [0.717, 1.165) is 19.3 Å². The predicted octanol–water partition coefficient (Wildman–Crippen LogP) is -0.317. The minimum atomic E-state index is 0.153. The van der Waals surface area contributed by atoms with Crippen LogP contribution in [0, 0.1) is 11.8 Å². The molecule has 2 aliphatic carbocycles. The van der Waals surface area contributed by atoms with Crippen LogP contribution in [0.5, 0.6) is 0 Å². The maximum absolute atomic E-state index is 5.70. The molecule has 2 unspecified atom stereocenters. The average Bonchev–Trinajstić information content (AvgIpc) is 3.05. The molecule has 2 saturated carbocycles. The Morgan fingerprint density at radius 2 is 0.957 bits per heavy atom. The smallest absolute Gasteiger partial charge is 0.225 e. The van der Waals surface area contributed by atoms with Gasteiger partial charge in [-0.2, -0.15) is 29.9 Å². The molecule has 2 atom stereocenters. The Kier molecular flexibility index (Phi) is 2.93. The average molecular weight is 314 g/mol. The minimum absolute atomic E-state index is 0.153. The maximum atomic E-state index is 5.70. The van der Waals surface area contributed by atoms with E-state index in [-0.39, 0.29) is 35.6 Å². The van der Waals surface area contributed by atoms with E-state index in [1.807, 2.05) is 0 Å². The van der Waals surface area contributed by atoms with Gasteiger partial charge >= 0.3 is 0 Å². The van der Waals surface area contributed by atoms with Gasteiger partial charge in [0.15, 0.2) is 0 Å². The SMILES string of the molecule is Nc1nc(N)nc(C2CC3CC(c4nc(N)nc(N)n4)C2C3)n1. The molecule has 4 rings (SSSR count). The van der Waals surface area contributed by atoms with Gasteiger partial charge in [-0.1, -0.05) is 0 Å². The first-order chi connectivity index (χ1) is 11.0. The molecule has 10 heteroatoms. The van der Waals surface area contributed by atoms with Crippen molar-refractivity contribution in [3.05, 3.63) is 11.6 Å². The number of hydrogen-bond acceptors (Lipinski definition) is 10. The zero-order chi connectivity index (χ0) is 16.1. The van der Waals surface area contributed by atoms with Crippen molar-refractivity contribution in [3.63, 3.8) is 0 Å². The van der Waals surface area contributed by atoms with Crippen LogP contribution in [0.3, 0.4) is 0 Å². The largest absolute Gasteiger partial charge is 0.368 e. The van der Waals surface area contributed by atoms with Gasteiger partial charge in [0.2, 0.25) is 23.8 Å². The normalized spacial score (nSPS) is 29.0. The number of aromatic nitrogens is 6. The highest BCUT2D eigenvalue weighted by molar-refractivity contribution is 5.31. The third-order valence-electron chi connectivity index (χ3n) is 4.85. The fourth-order valence-electron chi connectivity index (χ4n) is 4.13. The second kappa shape index (κ2) is 4.86. The number of nitrogen functional groups attached to an aromatic ring is 4. The van der Waals surface area contributed by atoms with Crippen LogP contribution in [-0.4, -0.2) is 29.9 Å². The molecule has 0 radical (unpaired) electrons. The molecule has 0 amide bonds. The van der Waals surface area contributed by atoms with E-state index in [2.05, 4.69) is 29.9 Å². The van der Waals surface area contributed by atoms with Gasteiger partial charge in [0, 0.05) is 11.8 Å². The summed E-state index contributed by atoms with van der Waals surface area (Å²) in [6, 6.07) is 0. The topological polar surface area (TPSA) is 181 Å². The summed E-state index contributed by atoms with van der Waals surface area (Å²) in [7, 11) is 0. The number of anilines is 4. The molecule has 120 valence electrons. The summed E-state index contributed by atoms with van der Waals surface area (Å²) < 4.78 is 0. The molecule has 2 heterocycles. The fourth-order valence-corrected chi connectivity index (χ4v) is 4.13. The summed E-state index contributed by atoms with van der Waals surface area (Å²) in [5.74, 6) is 3.17. The molecule has 23 heavy (non-hydrogen) atoms. The zero-order valence-corrected chi connectivity index (χ0v) is 12.4. The van der Waals surface area contributed by atoms with E-state index < -0.39 is 0 Å². The van der Waals surface area contributed by atoms with Gasteiger partial charge in [0.1, 0.15) is 11.6 Å². The molecule has 2 aliphatic rings. The quantitative estimate of drug-likeness (QED) is 0.573. The third-order valence-corrected chi connectivity index (χ3v) is 4.85. The maximum Gasteiger partial charge on any atom is 0.225 e. The summed E-state index contributed by atoms with van der Waals surface area (Å²) in [4.78, 5) is 24.8. The fraction of sp³-hybridized carbons (Fsp3) is 0.538. The van der Waals surface area contributed by atoms with E-state index in [0.29, 0.717) is 23.5 Å². The van der Waals surface area contributed by atoms with Crippen molar-refractivity contribution in [2.24, 2.45) is 11.8 Å². The first-order valence-electron chi connectivity index (χ1n) is 7.53. The molecule has 2 aromatic heterocycles. The van der Waals surface area contributed by atoms with E-state index in [9.17, 15) is 0 Å². The van der Waals surface area contributed by atoms with Crippen molar-refractivity contribution < 1.29 is 0 Å². The van der Waals surface area contributed by atoms with Crippen molar-refractivity contribution in [1.82, 2.24) is 29.9 Å². The summed E-state index contributed by atoms with van der Waals surface area (Å²) in [6.45, 7) is 0. The summed E-state index contributed by atoms with van der Waals surface area (Å²) in [6.07, 6.45) is 3.10. The van der Waals surface area contributed by atoms with Crippen molar-refractivity contribution in [3.8, 4) is 0 Å². The number of rotatable bonds is 2. The van der Waals surface area contributed by atoms with Crippen molar-refractivity contribution >= 4 is 23.8 Å². The molecular weight excluding hydrogens is 296 g/mol. The first-order valence-corrected chi connectivity index (χ1v) is 7.53. The van der Waals surface area contributed by atoms with Crippen LogP contribution in [0.15, 0.2) is 0 Å². The molecule has 10 nitrogen and oxygen atoms in total. The molecular formula is C13H18N10. The molecule has 8 N–H and O–H groups in total. The minimum Gasteiger partial charge on any atom is -0.368 e. The second-order valence-corrected chi connectivity index (χ2v) is 6.27. The van der Waals surface area contributed by atoms with Gasteiger partial charge in [0.05, 0.1) is 0 Å². The number of nitrogens with zero attached hydrogens (tertiary/aromatic N) is 6. The van der Waals surface area contributed by atoms with Crippen LogP contribution in [0.2, 0.25) is 0 Å². The molecule has 2 aromatic rings. The lowest BCUT2D eigenvalue weighted by atomic mass is 9.79. The molecule has 2 bridgehead atoms. The Bertz CT molecular complexity index is 660. The molecule has 0 spiro atoms. The lowest BCUT2D eigenvalue weighted by molar-refractivity contribution is 0.347. The Balaban J connectivity index is 1.68. The Labute approximate surface area is 132 Å². The van der Waals surface area contributed by atoms with E-state index in [4.69, 9.17) is 22.9 Å². The van der Waals surface area contributed by atoms with Crippen molar-refractivity contribution in [2.75, 3.05) is 22.9 Å². The number of fused-ring (bicyclic) bond motifs is 2. The Hall–Kier alpha value is -2.78. The first kappa shape index (κ1) is 13.9. The van der Waals surface area contributed by atoms with Gasteiger partial charge in [-0.25, -0.2) is 0 Å². The van der Waals surface area contributed by atoms with E-state index in [1.165, 1.54) is 0 Å². The monoisotopic (exact) mass is 314 g/mol. The highest BCUT2D eigenvalue weighted by Crippen LogP contribution is 2.58. The summed E-state index contributed by atoms with van der Waals surface area (Å²) in [5.41, 5.74) is 22.8. The van der Waals surface area contributed by atoms with Gasteiger partial charge in [-0.15, -0.1) is 0 Å².